The third-order valence-electron chi connectivity index (χ3n) is 3.21. The van der Waals surface area contributed by atoms with Gasteiger partial charge in [-0.15, -0.1) is 11.3 Å². The van der Waals surface area contributed by atoms with Crippen LogP contribution >= 0.6 is 11.3 Å². The number of carbonyl (C=O) groups is 1. The average Bonchev–Trinajstić information content (AvgIpc) is 2.94. The van der Waals surface area contributed by atoms with Gasteiger partial charge in [0.25, 0.3) is 0 Å². The lowest BCUT2D eigenvalue weighted by molar-refractivity contribution is -0.130. The Morgan fingerprint density at radius 1 is 1.56 bits per heavy atom. The molecule has 2 atom stereocenters. The van der Waals surface area contributed by atoms with Crippen LogP contribution in [0.1, 0.15) is 31.3 Å². The van der Waals surface area contributed by atoms with Gasteiger partial charge in [-0.25, -0.2) is 0 Å². The Balaban J connectivity index is 2.18. The first-order chi connectivity index (χ1) is 8.65. The summed E-state index contributed by atoms with van der Waals surface area (Å²) >= 11 is 1.62. The molecule has 1 aromatic heterocycles. The zero-order valence-corrected chi connectivity index (χ0v) is 11.5. The van der Waals surface area contributed by atoms with Gasteiger partial charge in [-0.3, -0.25) is 14.5 Å². The minimum absolute atomic E-state index is 0.0866. The Hall–Kier alpha value is -0.940. The molecule has 2 rings (SSSR count). The molecule has 0 radical (unpaired) electrons. The first kappa shape index (κ1) is 13.5. The van der Waals surface area contributed by atoms with Crippen molar-refractivity contribution in [3.8, 4) is 0 Å². The van der Waals surface area contributed by atoms with Gasteiger partial charge in [-0.1, -0.05) is 19.9 Å². The second kappa shape index (κ2) is 5.80. The molecule has 1 aliphatic heterocycles. The van der Waals surface area contributed by atoms with E-state index < -0.39 is 0 Å². The number of nitrogens with zero attached hydrogens (tertiary/aromatic N) is 1. The molecule has 0 bridgehead atoms. The van der Waals surface area contributed by atoms with Gasteiger partial charge in [0, 0.05) is 11.4 Å². The molecule has 1 fully saturated rings. The molecule has 3 nitrogen and oxygen atoms in total. The number of rotatable bonds is 5. The van der Waals surface area contributed by atoms with Gasteiger partial charge in [0.05, 0.1) is 12.7 Å². The molecular weight excluding hydrogens is 251 g/mol. The predicted molar refractivity (Wildman–Crippen MR) is 71.1 cm³/mol. The van der Waals surface area contributed by atoms with Crippen LogP contribution in [-0.4, -0.2) is 30.1 Å². The lowest BCUT2D eigenvalue weighted by Crippen LogP contribution is -2.35. The lowest BCUT2D eigenvalue weighted by atomic mass is 10.1. The highest BCUT2D eigenvalue weighted by atomic mass is 32.1. The van der Waals surface area contributed by atoms with E-state index in [4.69, 9.17) is 0 Å². The highest BCUT2D eigenvalue weighted by Crippen LogP contribution is 2.30. The highest BCUT2D eigenvalue weighted by molar-refractivity contribution is 7.10. The Morgan fingerprint density at radius 3 is 2.89 bits per heavy atom. The number of hydrogen-bond acceptors (Lipinski definition) is 3. The molecule has 100 valence electrons. The maximum atomic E-state index is 12.3. The molecule has 1 aromatic rings. The number of alkyl halides is 1. The minimum atomic E-state index is -0.382. The highest BCUT2D eigenvalue weighted by Gasteiger charge is 2.40. The zero-order chi connectivity index (χ0) is 13.1. The molecule has 1 saturated heterocycles. The Labute approximate surface area is 111 Å². The quantitative estimate of drug-likeness (QED) is 0.892. The van der Waals surface area contributed by atoms with Crippen LogP contribution in [-0.2, 0) is 4.79 Å². The molecule has 1 N–H and O–H groups in total. The van der Waals surface area contributed by atoms with Crippen LogP contribution in [0.15, 0.2) is 17.5 Å². The van der Waals surface area contributed by atoms with Crippen molar-refractivity contribution in [3.05, 3.63) is 22.4 Å². The number of amides is 1. The SMILES string of the molecule is CC(C)C1NC(c2cccs2)N(CCCF)C1=O. The van der Waals surface area contributed by atoms with Gasteiger partial charge in [0.1, 0.15) is 6.17 Å². The summed E-state index contributed by atoms with van der Waals surface area (Å²) in [6.45, 7) is 4.15. The zero-order valence-electron chi connectivity index (χ0n) is 10.7. The van der Waals surface area contributed by atoms with Crippen molar-refractivity contribution < 1.29 is 9.18 Å². The summed E-state index contributed by atoms with van der Waals surface area (Å²) in [6, 6.07) is 3.83. The van der Waals surface area contributed by atoms with E-state index in [0.29, 0.717) is 13.0 Å². The topological polar surface area (TPSA) is 32.3 Å². The maximum absolute atomic E-state index is 12.3. The molecule has 2 unspecified atom stereocenters. The predicted octanol–water partition coefficient (Wildman–Crippen LogP) is 2.56. The maximum Gasteiger partial charge on any atom is 0.241 e. The van der Waals surface area contributed by atoms with Crippen LogP contribution < -0.4 is 5.32 Å². The van der Waals surface area contributed by atoms with Crippen LogP contribution in [0.25, 0.3) is 0 Å². The number of carbonyl (C=O) groups excluding carboxylic acids is 1. The van der Waals surface area contributed by atoms with Crippen molar-refractivity contribution in [2.75, 3.05) is 13.2 Å². The fourth-order valence-corrected chi connectivity index (χ4v) is 3.06. The van der Waals surface area contributed by atoms with E-state index in [-0.39, 0.29) is 30.7 Å². The first-order valence-corrected chi connectivity index (χ1v) is 7.19. The van der Waals surface area contributed by atoms with Crippen LogP contribution in [0.4, 0.5) is 4.39 Å². The van der Waals surface area contributed by atoms with Crippen molar-refractivity contribution >= 4 is 17.2 Å². The van der Waals surface area contributed by atoms with E-state index in [9.17, 15) is 9.18 Å². The lowest BCUT2D eigenvalue weighted by Gasteiger charge is -2.22. The molecule has 1 aliphatic rings. The van der Waals surface area contributed by atoms with E-state index in [0.717, 1.165) is 4.88 Å². The van der Waals surface area contributed by atoms with Gasteiger partial charge < -0.3 is 4.90 Å². The van der Waals surface area contributed by atoms with E-state index in [2.05, 4.69) is 5.32 Å². The van der Waals surface area contributed by atoms with Crippen molar-refractivity contribution in [1.29, 1.82) is 0 Å². The van der Waals surface area contributed by atoms with Gasteiger partial charge >= 0.3 is 0 Å². The molecule has 0 spiro atoms. The Bertz CT molecular complexity index is 394. The Kier molecular flexibility index (Phi) is 4.35. The summed E-state index contributed by atoms with van der Waals surface area (Å²) in [7, 11) is 0. The molecule has 18 heavy (non-hydrogen) atoms. The van der Waals surface area contributed by atoms with Crippen molar-refractivity contribution in [1.82, 2.24) is 10.2 Å². The molecular formula is C13H19FN2OS. The van der Waals surface area contributed by atoms with Crippen molar-refractivity contribution in [2.24, 2.45) is 5.92 Å². The second-order valence-electron chi connectivity index (χ2n) is 4.88. The summed E-state index contributed by atoms with van der Waals surface area (Å²) in [5, 5.41) is 5.36. The molecule has 0 aliphatic carbocycles. The molecule has 2 heterocycles. The number of halogens is 1. The average molecular weight is 270 g/mol. The summed E-state index contributed by atoms with van der Waals surface area (Å²) in [5.74, 6) is 0.340. The van der Waals surface area contributed by atoms with Crippen molar-refractivity contribution in [2.45, 2.75) is 32.5 Å². The van der Waals surface area contributed by atoms with Crippen LogP contribution in [0.5, 0.6) is 0 Å². The molecule has 0 saturated carbocycles. The van der Waals surface area contributed by atoms with Crippen LogP contribution in [0, 0.1) is 5.92 Å². The largest absolute Gasteiger partial charge is 0.321 e. The van der Waals surface area contributed by atoms with Crippen molar-refractivity contribution in [3.63, 3.8) is 0 Å². The van der Waals surface area contributed by atoms with Crippen LogP contribution in [0.3, 0.4) is 0 Å². The summed E-state index contributed by atoms with van der Waals surface area (Å²) in [5.41, 5.74) is 0. The van der Waals surface area contributed by atoms with Gasteiger partial charge in [-0.05, 0) is 23.8 Å². The van der Waals surface area contributed by atoms with E-state index in [1.807, 2.05) is 31.4 Å². The number of hydrogen-bond donors (Lipinski definition) is 1. The van der Waals surface area contributed by atoms with Crippen LogP contribution in [0.2, 0.25) is 0 Å². The van der Waals surface area contributed by atoms with E-state index in [1.54, 1.807) is 16.2 Å². The third-order valence-corrected chi connectivity index (χ3v) is 4.13. The second-order valence-corrected chi connectivity index (χ2v) is 5.86. The van der Waals surface area contributed by atoms with E-state index >= 15 is 0 Å². The van der Waals surface area contributed by atoms with Gasteiger partial charge in [0.2, 0.25) is 5.91 Å². The smallest absolute Gasteiger partial charge is 0.241 e. The monoisotopic (exact) mass is 270 g/mol. The van der Waals surface area contributed by atoms with Gasteiger partial charge in [0.15, 0.2) is 0 Å². The molecule has 5 heteroatoms. The minimum Gasteiger partial charge on any atom is -0.321 e. The number of nitrogens with one attached hydrogen (secondary N) is 1. The summed E-state index contributed by atoms with van der Waals surface area (Å²) < 4.78 is 12.3. The standard InChI is InChI=1S/C13H19FN2OS/c1-9(2)11-13(17)16(7-4-6-14)12(15-11)10-5-3-8-18-10/h3,5,8-9,11-12,15H,4,6-7H2,1-2H3. The molecule has 1 amide bonds. The molecule has 0 aromatic carbocycles. The Morgan fingerprint density at radius 2 is 2.33 bits per heavy atom. The van der Waals surface area contributed by atoms with E-state index in [1.165, 1.54) is 0 Å². The third kappa shape index (κ3) is 2.57. The fourth-order valence-electron chi connectivity index (χ4n) is 2.27. The number of thiophene rings is 1. The summed E-state index contributed by atoms with van der Waals surface area (Å²) in [6.07, 6.45) is 0.316. The first-order valence-electron chi connectivity index (χ1n) is 6.31. The fraction of sp³-hybridized carbons (Fsp3) is 0.615. The summed E-state index contributed by atoms with van der Waals surface area (Å²) in [4.78, 5) is 15.2. The normalized spacial score (nSPS) is 24.2. The van der Waals surface area contributed by atoms with Gasteiger partial charge in [-0.2, -0.15) is 0 Å².